The lowest BCUT2D eigenvalue weighted by atomic mass is 10.1. The Kier molecular flexibility index (Phi) is 3.53. The number of carboxylic acids is 1. The summed E-state index contributed by atoms with van der Waals surface area (Å²) < 4.78 is 21.3. The zero-order valence-electron chi connectivity index (χ0n) is 12.9. The molecule has 4 rings (SSSR count). The molecule has 2 aliphatic heterocycles. The second-order valence-corrected chi connectivity index (χ2v) is 5.39. The molecule has 25 heavy (non-hydrogen) atoms. The van der Waals surface area contributed by atoms with Crippen molar-refractivity contribution < 1.29 is 33.6 Å². The zero-order valence-corrected chi connectivity index (χ0v) is 12.9. The van der Waals surface area contributed by atoms with E-state index in [4.69, 9.17) is 24.1 Å². The Hall–Kier alpha value is -3.48. The Morgan fingerprint density at radius 3 is 2.80 bits per heavy atom. The first-order valence-corrected chi connectivity index (χ1v) is 7.43. The van der Waals surface area contributed by atoms with Gasteiger partial charge in [0.05, 0.1) is 5.56 Å². The van der Waals surface area contributed by atoms with Gasteiger partial charge in [0.25, 0.3) is 0 Å². The van der Waals surface area contributed by atoms with Gasteiger partial charge in [-0.15, -0.1) is 0 Å². The standard InChI is InChI=1S/C18H12O7/c19-17(20)8-22-11-2-3-12-14(7-11)25-16(18(12)21)6-10-1-4-13-15(5-10)24-9-23-13/h1-7H,8-9H2,(H,19,20). The van der Waals surface area contributed by atoms with Gasteiger partial charge in [0.15, 0.2) is 23.9 Å². The monoisotopic (exact) mass is 340 g/mol. The van der Waals surface area contributed by atoms with Gasteiger partial charge in [-0.2, -0.15) is 0 Å². The van der Waals surface area contributed by atoms with Gasteiger partial charge in [-0.25, -0.2) is 4.79 Å². The third-order valence-corrected chi connectivity index (χ3v) is 3.70. The number of carbonyl (C=O) groups excluding carboxylic acids is 1. The molecule has 0 radical (unpaired) electrons. The van der Waals surface area contributed by atoms with E-state index in [0.29, 0.717) is 28.6 Å². The van der Waals surface area contributed by atoms with Crippen LogP contribution in [0.4, 0.5) is 0 Å². The molecule has 0 aromatic heterocycles. The topological polar surface area (TPSA) is 91.3 Å². The van der Waals surface area contributed by atoms with E-state index in [9.17, 15) is 9.59 Å². The Morgan fingerprint density at radius 2 is 1.96 bits per heavy atom. The van der Waals surface area contributed by atoms with Crippen LogP contribution in [0.1, 0.15) is 15.9 Å². The number of hydrogen-bond acceptors (Lipinski definition) is 6. The van der Waals surface area contributed by atoms with Gasteiger partial charge in [-0.3, -0.25) is 4.79 Å². The molecule has 0 fully saturated rings. The van der Waals surface area contributed by atoms with Crippen LogP contribution in [0.15, 0.2) is 42.2 Å². The maximum atomic E-state index is 12.4. The van der Waals surface area contributed by atoms with Crippen molar-refractivity contribution in [3.8, 4) is 23.0 Å². The molecule has 0 bridgehead atoms. The minimum Gasteiger partial charge on any atom is -0.482 e. The number of Topliss-reactive ketones (excluding diaryl/α,β-unsaturated/α-hetero) is 1. The highest BCUT2D eigenvalue weighted by atomic mass is 16.7. The SMILES string of the molecule is O=C(O)COc1ccc2c(c1)OC(=Cc1ccc3c(c1)OCO3)C2=O. The number of aliphatic carboxylic acids is 1. The number of hydrogen-bond donors (Lipinski definition) is 1. The molecule has 2 heterocycles. The Bertz CT molecular complexity index is 914. The molecular weight excluding hydrogens is 328 g/mol. The van der Waals surface area contributed by atoms with Crippen LogP contribution >= 0.6 is 0 Å². The molecule has 7 heteroatoms. The molecule has 0 saturated carbocycles. The molecule has 2 aliphatic rings. The molecule has 0 saturated heterocycles. The summed E-state index contributed by atoms with van der Waals surface area (Å²) in [6.07, 6.45) is 1.61. The summed E-state index contributed by atoms with van der Waals surface area (Å²) in [6.45, 7) is -0.290. The predicted molar refractivity (Wildman–Crippen MR) is 85.1 cm³/mol. The number of carboxylic acid groups (broad SMARTS) is 1. The van der Waals surface area contributed by atoms with E-state index in [-0.39, 0.29) is 18.3 Å². The number of carbonyl (C=O) groups is 2. The Balaban J connectivity index is 1.58. The first kappa shape index (κ1) is 15.1. The van der Waals surface area contributed by atoms with Crippen molar-refractivity contribution >= 4 is 17.8 Å². The number of benzene rings is 2. The number of ketones is 1. The van der Waals surface area contributed by atoms with Gasteiger partial charge < -0.3 is 24.1 Å². The maximum Gasteiger partial charge on any atom is 0.341 e. The molecule has 2 aromatic carbocycles. The van der Waals surface area contributed by atoms with Gasteiger partial charge in [-0.05, 0) is 35.9 Å². The van der Waals surface area contributed by atoms with E-state index >= 15 is 0 Å². The number of fused-ring (bicyclic) bond motifs is 2. The van der Waals surface area contributed by atoms with E-state index in [2.05, 4.69) is 0 Å². The van der Waals surface area contributed by atoms with Crippen LogP contribution in [0.2, 0.25) is 0 Å². The van der Waals surface area contributed by atoms with Crippen LogP contribution < -0.4 is 18.9 Å². The maximum absolute atomic E-state index is 12.4. The molecule has 0 spiro atoms. The van der Waals surface area contributed by atoms with E-state index in [1.807, 2.05) is 0 Å². The smallest absolute Gasteiger partial charge is 0.341 e. The summed E-state index contributed by atoms with van der Waals surface area (Å²) in [6, 6.07) is 9.90. The van der Waals surface area contributed by atoms with Crippen LogP contribution in [0, 0.1) is 0 Å². The molecule has 0 unspecified atom stereocenters. The van der Waals surface area contributed by atoms with E-state index in [0.717, 1.165) is 5.56 Å². The average Bonchev–Trinajstić information content (AvgIpc) is 3.17. The van der Waals surface area contributed by atoms with Gasteiger partial charge in [-0.1, -0.05) is 6.07 Å². The molecule has 0 aliphatic carbocycles. The fourth-order valence-electron chi connectivity index (χ4n) is 2.56. The normalized spacial score (nSPS) is 15.8. The highest BCUT2D eigenvalue weighted by molar-refractivity contribution is 6.14. The third kappa shape index (κ3) is 2.87. The quantitative estimate of drug-likeness (QED) is 0.855. The molecule has 1 N–H and O–H groups in total. The van der Waals surface area contributed by atoms with Crippen molar-refractivity contribution in [2.45, 2.75) is 0 Å². The average molecular weight is 340 g/mol. The number of allylic oxidation sites excluding steroid dienone is 1. The largest absolute Gasteiger partial charge is 0.482 e. The van der Waals surface area contributed by atoms with Crippen molar-refractivity contribution in [3.05, 3.63) is 53.3 Å². The summed E-state index contributed by atoms with van der Waals surface area (Å²) in [4.78, 5) is 23.0. The highest BCUT2D eigenvalue weighted by Gasteiger charge is 2.28. The van der Waals surface area contributed by atoms with Crippen molar-refractivity contribution in [1.82, 2.24) is 0 Å². The second-order valence-electron chi connectivity index (χ2n) is 5.39. The number of ether oxygens (including phenoxy) is 4. The lowest BCUT2D eigenvalue weighted by Gasteiger charge is -2.04. The predicted octanol–water partition coefficient (Wildman–Crippen LogP) is 2.49. The van der Waals surface area contributed by atoms with Gasteiger partial charge in [0.2, 0.25) is 12.6 Å². The minimum atomic E-state index is -1.08. The van der Waals surface area contributed by atoms with Gasteiger partial charge in [0.1, 0.15) is 11.5 Å². The van der Waals surface area contributed by atoms with Crippen LogP contribution in [-0.2, 0) is 4.79 Å². The Labute approximate surface area is 142 Å². The fraction of sp³-hybridized carbons (Fsp3) is 0.111. The first-order chi connectivity index (χ1) is 12.1. The summed E-state index contributed by atoms with van der Waals surface area (Å²) in [5.41, 5.74) is 1.14. The van der Waals surface area contributed by atoms with Crippen molar-refractivity contribution in [2.24, 2.45) is 0 Å². The molecule has 126 valence electrons. The second kappa shape index (κ2) is 5.86. The zero-order chi connectivity index (χ0) is 17.4. The van der Waals surface area contributed by atoms with E-state index < -0.39 is 12.6 Å². The first-order valence-electron chi connectivity index (χ1n) is 7.43. The van der Waals surface area contributed by atoms with Crippen molar-refractivity contribution in [2.75, 3.05) is 13.4 Å². The van der Waals surface area contributed by atoms with Crippen LogP contribution in [0.3, 0.4) is 0 Å². The third-order valence-electron chi connectivity index (χ3n) is 3.70. The summed E-state index contributed by atoms with van der Waals surface area (Å²) in [5.74, 6) is 0.756. The lowest BCUT2D eigenvalue weighted by Crippen LogP contribution is -2.09. The molecule has 2 aromatic rings. The van der Waals surface area contributed by atoms with Crippen molar-refractivity contribution in [3.63, 3.8) is 0 Å². The minimum absolute atomic E-state index is 0.171. The highest BCUT2D eigenvalue weighted by Crippen LogP contribution is 2.36. The van der Waals surface area contributed by atoms with E-state index in [1.54, 1.807) is 30.3 Å². The molecular formula is C18H12O7. The number of rotatable bonds is 4. The van der Waals surface area contributed by atoms with E-state index in [1.165, 1.54) is 12.1 Å². The van der Waals surface area contributed by atoms with Gasteiger partial charge in [0, 0.05) is 6.07 Å². The lowest BCUT2D eigenvalue weighted by molar-refractivity contribution is -0.139. The summed E-state index contributed by atoms with van der Waals surface area (Å²) >= 11 is 0. The molecule has 7 nitrogen and oxygen atoms in total. The molecule has 0 amide bonds. The van der Waals surface area contributed by atoms with Gasteiger partial charge >= 0.3 is 5.97 Å². The molecule has 0 atom stereocenters. The summed E-state index contributed by atoms with van der Waals surface area (Å²) in [5, 5.41) is 8.64. The van der Waals surface area contributed by atoms with Crippen LogP contribution in [-0.4, -0.2) is 30.3 Å². The van der Waals surface area contributed by atoms with Crippen LogP contribution in [0.5, 0.6) is 23.0 Å². The van der Waals surface area contributed by atoms with Crippen molar-refractivity contribution in [1.29, 1.82) is 0 Å². The summed E-state index contributed by atoms with van der Waals surface area (Å²) in [7, 11) is 0. The Morgan fingerprint density at radius 1 is 1.12 bits per heavy atom. The van der Waals surface area contributed by atoms with Crippen LogP contribution in [0.25, 0.3) is 6.08 Å². The fourth-order valence-corrected chi connectivity index (χ4v) is 2.56.